The molecule has 150 valence electrons. The van der Waals surface area contributed by atoms with Gasteiger partial charge in [-0.3, -0.25) is 9.59 Å². The molecule has 0 bridgehead atoms. The topological polar surface area (TPSA) is 89.5 Å². The third kappa shape index (κ3) is 5.88. The molecule has 0 heterocycles. The Balaban J connectivity index is 2.29. The lowest BCUT2D eigenvalue weighted by Gasteiger charge is -2.19. The first-order valence-corrected chi connectivity index (χ1v) is 10.5. The zero-order chi connectivity index (χ0) is 20.9. The third-order valence-corrected chi connectivity index (χ3v) is 4.95. The molecule has 8 heteroatoms. The Bertz CT molecular complexity index is 958. The molecule has 0 unspecified atom stereocenters. The molecule has 2 rings (SSSR count). The molecule has 1 amide bonds. The average molecular weight is 407 g/mol. The van der Waals surface area contributed by atoms with Gasteiger partial charge in [-0.15, -0.1) is 0 Å². The number of hydrogen-bond donors (Lipinski definition) is 1. The van der Waals surface area contributed by atoms with E-state index in [0.29, 0.717) is 5.56 Å². The van der Waals surface area contributed by atoms with E-state index in [2.05, 4.69) is 5.32 Å². The van der Waals surface area contributed by atoms with Crippen molar-refractivity contribution >= 4 is 21.7 Å². The second-order valence-corrected chi connectivity index (χ2v) is 8.58. The smallest absolute Gasteiger partial charge is 0.308 e. The number of hydrogen-bond acceptors (Lipinski definition) is 5. The summed E-state index contributed by atoms with van der Waals surface area (Å²) in [4.78, 5) is 24.2. The molecule has 0 fully saturated rings. The Morgan fingerprint density at radius 2 is 1.75 bits per heavy atom. The fourth-order valence-corrected chi connectivity index (χ4v) is 3.35. The van der Waals surface area contributed by atoms with Crippen LogP contribution in [0.1, 0.15) is 42.2 Å². The van der Waals surface area contributed by atoms with E-state index in [1.807, 2.05) is 0 Å². The summed E-state index contributed by atoms with van der Waals surface area (Å²) in [5, 5.41) is 2.69. The molecule has 2 aromatic rings. The Morgan fingerprint density at radius 1 is 1.11 bits per heavy atom. The number of amides is 1. The first-order valence-electron chi connectivity index (χ1n) is 8.63. The summed E-state index contributed by atoms with van der Waals surface area (Å²) in [5.74, 6) is -2.05. The number of sulfone groups is 1. The van der Waals surface area contributed by atoms with Gasteiger partial charge < -0.3 is 10.1 Å². The number of halogens is 1. The largest absolute Gasteiger partial charge is 0.463 e. The molecule has 6 nitrogen and oxygen atoms in total. The van der Waals surface area contributed by atoms with Gasteiger partial charge in [0.25, 0.3) is 5.91 Å². The maximum atomic E-state index is 13.8. The predicted octanol–water partition coefficient (Wildman–Crippen LogP) is 3.04. The number of esters is 1. The van der Waals surface area contributed by atoms with Crippen LogP contribution in [-0.2, 0) is 19.4 Å². The molecule has 1 atom stereocenters. The maximum absolute atomic E-state index is 13.8. The second kappa shape index (κ2) is 8.97. The summed E-state index contributed by atoms with van der Waals surface area (Å²) in [6.45, 7) is 3.44. The van der Waals surface area contributed by atoms with Crippen LogP contribution < -0.4 is 5.32 Å². The quantitative estimate of drug-likeness (QED) is 0.713. The van der Waals surface area contributed by atoms with E-state index in [-0.39, 0.29) is 18.1 Å². The molecule has 0 radical (unpaired) electrons. The molecule has 0 aromatic heterocycles. The number of benzene rings is 2. The van der Waals surface area contributed by atoms with E-state index >= 15 is 0 Å². The van der Waals surface area contributed by atoms with Crippen LogP contribution in [0.5, 0.6) is 0 Å². The Morgan fingerprint density at radius 3 is 2.32 bits per heavy atom. The van der Waals surface area contributed by atoms with E-state index in [1.165, 1.54) is 6.07 Å². The highest BCUT2D eigenvalue weighted by Crippen LogP contribution is 2.20. The average Bonchev–Trinajstić information content (AvgIpc) is 2.60. The molecule has 0 aliphatic heterocycles. The normalized spacial score (nSPS) is 12.5. The van der Waals surface area contributed by atoms with Crippen molar-refractivity contribution in [2.75, 3.05) is 6.26 Å². The lowest BCUT2D eigenvalue weighted by atomic mass is 10.0. The molecule has 0 saturated heterocycles. The fraction of sp³-hybridized carbons (Fsp3) is 0.300. The van der Waals surface area contributed by atoms with Crippen molar-refractivity contribution in [1.82, 2.24) is 5.32 Å². The van der Waals surface area contributed by atoms with Gasteiger partial charge in [0.05, 0.1) is 18.6 Å². The van der Waals surface area contributed by atoms with Gasteiger partial charge in [0.1, 0.15) is 10.7 Å². The lowest BCUT2D eigenvalue weighted by Crippen LogP contribution is -2.31. The van der Waals surface area contributed by atoms with Gasteiger partial charge in [0.2, 0.25) is 0 Å². The summed E-state index contributed by atoms with van der Waals surface area (Å²) >= 11 is 0. The minimum atomic E-state index is -3.83. The van der Waals surface area contributed by atoms with Crippen LogP contribution in [0.3, 0.4) is 0 Å². The zero-order valence-electron chi connectivity index (χ0n) is 15.8. The minimum absolute atomic E-state index is 0.0278. The number of nitrogens with one attached hydrogen (secondary N) is 1. The monoisotopic (exact) mass is 407 g/mol. The Labute approximate surface area is 163 Å². The zero-order valence-corrected chi connectivity index (χ0v) is 16.6. The lowest BCUT2D eigenvalue weighted by molar-refractivity contribution is -0.147. The summed E-state index contributed by atoms with van der Waals surface area (Å²) < 4.78 is 42.3. The molecular weight excluding hydrogens is 385 g/mol. The predicted molar refractivity (Wildman–Crippen MR) is 102 cm³/mol. The molecule has 1 N–H and O–H groups in total. The first kappa shape index (κ1) is 21.6. The van der Waals surface area contributed by atoms with Crippen LogP contribution in [-0.4, -0.2) is 32.7 Å². The number of rotatable bonds is 7. The van der Waals surface area contributed by atoms with E-state index in [9.17, 15) is 22.4 Å². The van der Waals surface area contributed by atoms with Gasteiger partial charge in [-0.05, 0) is 37.6 Å². The molecule has 0 aliphatic rings. The van der Waals surface area contributed by atoms with E-state index in [4.69, 9.17) is 4.74 Å². The summed E-state index contributed by atoms with van der Waals surface area (Å²) in [6, 6.07) is 11.2. The van der Waals surface area contributed by atoms with Gasteiger partial charge in [-0.2, -0.15) is 0 Å². The summed E-state index contributed by atoms with van der Waals surface area (Å²) in [7, 11) is -3.83. The molecule has 2 aromatic carbocycles. The second-order valence-electron chi connectivity index (χ2n) is 6.60. The Hall–Kier alpha value is -2.74. The first-order chi connectivity index (χ1) is 13.1. The molecule has 0 aliphatic carbocycles. The summed E-state index contributed by atoms with van der Waals surface area (Å²) in [5.41, 5.74) is 0.655. The van der Waals surface area contributed by atoms with Crippen molar-refractivity contribution in [3.63, 3.8) is 0 Å². The van der Waals surface area contributed by atoms with Crippen LogP contribution in [0, 0.1) is 5.82 Å². The van der Waals surface area contributed by atoms with Crippen molar-refractivity contribution < 1.29 is 27.1 Å². The van der Waals surface area contributed by atoms with Gasteiger partial charge in [-0.25, -0.2) is 12.8 Å². The Kier molecular flexibility index (Phi) is 6.90. The van der Waals surface area contributed by atoms with Crippen molar-refractivity contribution in [2.24, 2.45) is 0 Å². The number of carbonyl (C=O) groups excluding carboxylic acids is 2. The fourth-order valence-electron chi connectivity index (χ4n) is 2.59. The van der Waals surface area contributed by atoms with Crippen molar-refractivity contribution in [1.29, 1.82) is 0 Å². The highest BCUT2D eigenvalue weighted by Gasteiger charge is 2.22. The van der Waals surface area contributed by atoms with Gasteiger partial charge in [-0.1, -0.05) is 30.3 Å². The van der Waals surface area contributed by atoms with Crippen LogP contribution >= 0.6 is 0 Å². The highest BCUT2D eigenvalue weighted by atomic mass is 32.2. The van der Waals surface area contributed by atoms with Crippen LogP contribution in [0.25, 0.3) is 0 Å². The maximum Gasteiger partial charge on any atom is 0.308 e. The van der Waals surface area contributed by atoms with Gasteiger partial charge in [0, 0.05) is 11.8 Å². The molecular formula is C20H22FNO5S. The van der Waals surface area contributed by atoms with Crippen molar-refractivity contribution in [3.8, 4) is 0 Å². The van der Waals surface area contributed by atoms with Crippen LogP contribution in [0.15, 0.2) is 53.4 Å². The molecule has 28 heavy (non-hydrogen) atoms. The van der Waals surface area contributed by atoms with E-state index in [1.54, 1.807) is 44.2 Å². The third-order valence-electron chi connectivity index (χ3n) is 3.84. The van der Waals surface area contributed by atoms with Crippen molar-refractivity contribution in [2.45, 2.75) is 37.3 Å². The summed E-state index contributed by atoms with van der Waals surface area (Å²) in [6.07, 6.45) is 0.463. The SMILES string of the molecule is CC(C)OC(=O)C[C@H](NC(=O)c1ccc(F)c(S(C)(=O)=O)c1)c1ccccc1. The highest BCUT2D eigenvalue weighted by molar-refractivity contribution is 7.90. The molecule has 0 spiro atoms. The standard InChI is InChI=1S/C20H22FNO5S/c1-13(2)27-19(23)12-17(14-7-5-4-6-8-14)22-20(24)15-9-10-16(21)18(11-15)28(3,25)26/h4-11,13,17H,12H2,1-3H3,(H,22,24)/t17-/m0/s1. The van der Waals surface area contributed by atoms with E-state index < -0.39 is 38.5 Å². The minimum Gasteiger partial charge on any atom is -0.463 e. The van der Waals surface area contributed by atoms with Crippen molar-refractivity contribution in [3.05, 3.63) is 65.5 Å². The van der Waals surface area contributed by atoms with Gasteiger partial charge >= 0.3 is 5.97 Å². The van der Waals surface area contributed by atoms with E-state index in [0.717, 1.165) is 18.4 Å². The van der Waals surface area contributed by atoms with Crippen LogP contribution in [0.2, 0.25) is 0 Å². The molecule has 0 saturated carbocycles. The van der Waals surface area contributed by atoms with Crippen LogP contribution in [0.4, 0.5) is 4.39 Å². The number of ether oxygens (including phenoxy) is 1. The number of carbonyl (C=O) groups is 2. The van der Waals surface area contributed by atoms with Gasteiger partial charge in [0.15, 0.2) is 9.84 Å².